The Labute approximate surface area is 96.1 Å². The molecule has 0 aliphatic rings. The highest BCUT2D eigenvalue weighted by atomic mass is 35.5. The highest BCUT2D eigenvalue weighted by Crippen LogP contribution is 2.29. The smallest absolute Gasteiger partial charge is 0.115 e. The molecular weight excluding hydrogens is 232 g/mol. The molecule has 0 saturated carbocycles. The van der Waals surface area contributed by atoms with E-state index < -0.39 is 0 Å². The van der Waals surface area contributed by atoms with Crippen LogP contribution in [0.4, 0.5) is 0 Å². The van der Waals surface area contributed by atoms with Gasteiger partial charge in [0.1, 0.15) is 6.33 Å². The second-order valence-electron chi connectivity index (χ2n) is 2.91. The predicted molar refractivity (Wildman–Crippen MR) is 60.5 cm³/mol. The summed E-state index contributed by atoms with van der Waals surface area (Å²) in [6.07, 6.45) is 4.94. The van der Waals surface area contributed by atoms with Crippen molar-refractivity contribution in [3.05, 3.63) is 45.6 Å². The third kappa shape index (κ3) is 2.32. The average molecular weight is 241 g/mol. The van der Waals surface area contributed by atoms with Crippen LogP contribution in [0.1, 0.15) is 16.5 Å². The van der Waals surface area contributed by atoms with Crippen LogP contribution >= 0.6 is 22.9 Å². The minimum Gasteiger partial charge on any atom is -0.271 e. The summed E-state index contributed by atoms with van der Waals surface area (Å²) in [6, 6.07) is 3.67. The van der Waals surface area contributed by atoms with E-state index in [2.05, 4.69) is 15.4 Å². The molecule has 0 bridgehead atoms. The lowest BCUT2D eigenvalue weighted by Gasteiger charge is -2.12. The van der Waals surface area contributed by atoms with Crippen molar-refractivity contribution in [1.29, 1.82) is 0 Å². The van der Waals surface area contributed by atoms with E-state index in [4.69, 9.17) is 17.4 Å². The molecule has 78 valence electrons. The van der Waals surface area contributed by atoms with Crippen molar-refractivity contribution < 1.29 is 0 Å². The van der Waals surface area contributed by atoms with Crippen LogP contribution in [0.15, 0.2) is 30.9 Å². The van der Waals surface area contributed by atoms with Gasteiger partial charge in [0.05, 0.1) is 10.4 Å². The Bertz CT molecular complexity index is 431. The summed E-state index contributed by atoms with van der Waals surface area (Å²) in [7, 11) is 0. The molecule has 0 aliphatic heterocycles. The largest absolute Gasteiger partial charge is 0.271 e. The Kier molecular flexibility index (Phi) is 3.27. The van der Waals surface area contributed by atoms with Crippen LogP contribution in [-0.4, -0.2) is 9.97 Å². The van der Waals surface area contributed by atoms with E-state index in [0.717, 1.165) is 14.8 Å². The van der Waals surface area contributed by atoms with Gasteiger partial charge in [0.15, 0.2) is 0 Å². The average Bonchev–Trinajstić information content (AvgIpc) is 2.68. The van der Waals surface area contributed by atoms with Crippen molar-refractivity contribution in [2.24, 2.45) is 5.84 Å². The maximum Gasteiger partial charge on any atom is 0.115 e. The van der Waals surface area contributed by atoms with Crippen LogP contribution in [0, 0.1) is 0 Å². The Hall–Kier alpha value is -1.01. The van der Waals surface area contributed by atoms with Crippen molar-refractivity contribution in [3.8, 4) is 0 Å². The number of rotatable bonds is 3. The minimum atomic E-state index is -0.108. The number of thiophene rings is 1. The molecule has 0 aliphatic carbocycles. The fourth-order valence-electron chi connectivity index (χ4n) is 1.29. The fraction of sp³-hybridized carbons (Fsp3) is 0.111. The summed E-state index contributed by atoms with van der Waals surface area (Å²) in [4.78, 5) is 8.94. The zero-order valence-electron chi connectivity index (χ0n) is 7.72. The highest BCUT2D eigenvalue weighted by Gasteiger charge is 2.14. The maximum absolute atomic E-state index is 5.87. The number of hydrazine groups is 1. The molecule has 2 rings (SSSR count). The lowest BCUT2D eigenvalue weighted by atomic mass is 10.1. The predicted octanol–water partition coefficient (Wildman–Crippen LogP) is 1.74. The van der Waals surface area contributed by atoms with Gasteiger partial charge in [0, 0.05) is 22.8 Å². The molecule has 3 N–H and O–H groups in total. The Morgan fingerprint density at radius 3 is 2.60 bits per heavy atom. The van der Waals surface area contributed by atoms with Gasteiger partial charge >= 0.3 is 0 Å². The third-order valence-electron chi connectivity index (χ3n) is 1.96. The first kappa shape index (κ1) is 10.5. The first-order valence-corrected chi connectivity index (χ1v) is 5.47. The fourth-order valence-corrected chi connectivity index (χ4v) is 2.44. The molecule has 2 aromatic heterocycles. The zero-order chi connectivity index (χ0) is 10.7. The molecular formula is C9H9ClN4S. The molecule has 0 aromatic carbocycles. The molecule has 1 atom stereocenters. The van der Waals surface area contributed by atoms with Crippen LogP contribution in [0.5, 0.6) is 0 Å². The lowest BCUT2D eigenvalue weighted by molar-refractivity contribution is 0.641. The van der Waals surface area contributed by atoms with Crippen molar-refractivity contribution >= 4 is 22.9 Å². The van der Waals surface area contributed by atoms with E-state index >= 15 is 0 Å². The number of hydrogen-bond donors (Lipinski definition) is 2. The number of aromatic nitrogens is 2. The summed E-state index contributed by atoms with van der Waals surface area (Å²) in [6.45, 7) is 0. The number of nitrogens with two attached hydrogens (primary N) is 1. The van der Waals surface area contributed by atoms with Crippen LogP contribution in [0.25, 0.3) is 0 Å². The molecule has 0 fully saturated rings. The van der Waals surface area contributed by atoms with Gasteiger partial charge in [-0.15, -0.1) is 11.3 Å². The molecule has 0 amide bonds. The van der Waals surface area contributed by atoms with Crippen molar-refractivity contribution in [2.45, 2.75) is 6.04 Å². The van der Waals surface area contributed by atoms with Gasteiger partial charge in [-0.25, -0.2) is 15.4 Å². The minimum absolute atomic E-state index is 0.108. The molecule has 6 heteroatoms. The Morgan fingerprint density at radius 2 is 2.07 bits per heavy atom. The van der Waals surface area contributed by atoms with Gasteiger partial charge in [0.25, 0.3) is 0 Å². The van der Waals surface area contributed by atoms with E-state index in [1.54, 1.807) is 12.4 Å². The number of hydrogen-bond acceptors (Lipinski definition) is 5. The molecule has 2 heterocycles. The first-order valence-electron chi connectivity index (χ1n) is 4.27. The SMILES string of the molecule is NNC(c1cncnc1)c1ccc(Cl)s1. The van der Waals surface area contributed by atoms with E-state index in [0.29, 0.717) is 0 Å². The van der Waals surface area contributed by atoms with Crippen LogP contribution in [-0.2, 0) is 0 Å². The molecule has 0 saturated heterocycles. The van der Waals surface area contributed by atoms with Crippen LogP contribution in [0.2, 0.25) is 4.34 Å². The van der Waals surface area contributed by atoms with E-state index in [1.807, 2.05) is 12.1 Å². The molecule has 0 spiro atoms. The maximum atomic E-state index is 5.87. The summed E-state index contributed by atoms with van der Waals surface area (Å²) in [5, 5.41) is 0. The van der Waals surface area contributed by atoms with Crippen LogP contribution in [0.3, 0.4) is 0 Å². The summed E-state index contributed by atoms with van der Waals surface area (Å²) < 4.78 is 0.738. The molecule has 4 nitrogen and oxygen atoms in total. The van der Waals surface area contributed by atoms with Gasteiger partial charge in [0.2, 0.25) is 0 Å². The molecule has 0 radical (unpaired) electrons. The number of nitrogens with zero attached hydrogens (tertiary/aromatic N) is 2. The van der Waals surface area contributed by atoms with Crippen LogP contribution < -0.4 is 11.3 Å². The molecule has 15 heavy (non-hydrogen) atoms. The third-order valence-corrected chi connectivity index (χ3v) is 3.26. The van der Waals surface area contributed by atoms with Gasteiger partial charge < -0.3 is 0 Å². The Balaban J connectivity index is 2.33. The second-order valence-corrected chi connectivity index (χ2v) is 4.66. The monoisotopic (exact) mass is 240 g/mol. The quantitative estimate of drug-likeness (QED) is 0.634. The number of halogens is 1. The van der Waals surface area contributed by atoms with Gasteiger partial charge in [-0.1, -0.05) is 11.6 Å². The zero-order valence-corrected chi connectivity index (χ0v) is 9.29. The van der Waals surface area contributed by atoms with E-state index in [-0.39, 0.29) is 6.04 Å². The van der Waals surface area contributed by atoms with E-state index in [1.165, 1.54) is 17.7 Å². The first-order chi connectivity index (χ1) is 7.31. The van der Waals surface area contributed by atoms with E-state index in [9.17, 15) is 0 Å². The summed E-state index contributed by atoms with van der Waals surface area (Å²) in [5.41, 5.74) is 3.64. The summed E-state index contributed by atoms with van der Waals surface area (Å²) >= 11 is 7.35. The number of nitrogens with one attached hydrogen (secondary N) is 1. The van der Waals surface area contributed by atoms with Gasteiger partial charge in [-0.2, -0.15) is 0 Å². The standard InChI is InChI=1S/C9H9ClN4S/c10-8-2-1-7(15-8)9(14-11)6-3-12-5-13-4-6/h1-5,9,14H,11H2. The summed E-state index contributed by atoms with van der Waals surface area (Å²) in [5.74, 6) is 5.50. The second kappa shape index (κ2) is 4.67. The Morgan fingerprint density at radius 1 is 1.33 bits per heavy atom. The molecule has 1 unspecified atom stereocenters. The van der Waals surface area contributed by atoms with Gasteiger partial charge in [-0.05, 0) is 12.1 Å². The van der Waals surface area contributed by atoms with Crippen molar-refractivity contribution in [2.75, 3.05) is 0 Å². The topological polar surface area (TPSA) is 63.8 Å². The molecule has 2 aromatic rings. The van der Waals surface area contributed by atoms with Gasteiger partial charge in [-0.3, -0.25) is 5.84 Å². The van der Waals surface area contributed by atoms with Crippen molar-refractivity contribution in [3.63, 3.8) is 0 Å². The lowest BCUT2D eigenvalue weighted by Crippen LogP contribution is -2.28. The normalized spacial score (nSPS) is 12.7. The van der Waals surface area contributed by atoms with Crippen molar-refractivity contribution in [1.82, 2.24) is 15.4 Å². The highest BCUT2D eigenvalue weighted by molar-refractivity contribution is 7.16.